The molecule has 15 heavy (non-hydrogen) atoms. The van der Waals surface area contributed by atoms with Crippen molar-refractivity contribution in [3.8, 4) is 0 Å². The maximum absolute atomic E-state index is 9.21. The Morgan fingerprint density at radius 1 is 1.40 bits per heavy atom. The van der Waals surface area contributed by atoms with Crippen molar-refractivity contribution >= 4 is 0 Å². The Morgan fingerprint density at radius 2 is 2.13 bits per heavy atom. The van der Waals surface area contributed by atoms with Crippen LogP contribution in [0.1, 0.15) is 39.5 Å². The molecule has 0 aliphatic heterocycles. The van der Waals surface area contributed by atoms with Crippen LogP contribution in [0.15, 0.2) is 0 Å². The van der Waals surface area contributed by atoms with E-state index in [4.69, 9.17) is 0 Å². The molecule has 2 N–H and O–H groups in total. The molecule has 1 aliphatic carbocycles. The number of rotatable bonds is 9. The average Bonchev–Trinajstić information content (AvgIpc) is 3.07. The van der Waals surface area contributed by atoms with Crippen molar-refractivity contribution < 1.29 is 5.11 Å². The topological polar surface area (TPSA) is 35.5 Å². The van der Waals surface area contributed by atoms with E-state index in [-0.39, 0.29) is 12.6 Å². The first-order chi connectivity index (χ1) is 7.31. The summed E-state index contributed by atoms with van der Waals surface area (Å²) in [6.45, 7) is 7.94. The summed E-state index contributed by atoms with van der Waals surface area (Å²) < 4.78 is 0. The van der Waals surface area contributed by atoms with Gasteiger partial charge in [-0.15, -0.1) is 0 Å². The van der Waals surface area contributed by atoms with E-state index < -0.39 is 0 Å². The second-order valence-electron chi connectivity index (χ2n) is 4.48. The molecule has 3 nitrogen and oxygen atoms in total. The number of aliphatic hydroxyl groups is 1. The lowest BCUT2D eigenvalue weighted by Crippen LogP contribution is -2.37. The zero-order valence-electron chi connectivity index (χ0n) is 10.2. The van der Waals surface area contributed by atoms with Crippen LogP contribution in [0.5, 0.6) is 0 Å². The van der Waals surface area contributed by atoms with Crippen molar-refractivity contribution in [2.45, 2.75) is 51.6 Å². The second kappa shape index (κ2) is 7.20. The lowest BCUT2D eigenvalue weighted by molar-refractivity contribution is 0.205. The van der Waals surface area contributed by atoms with Gasteiger partial charge in [-0.25, -0.2) is 0 Å². The SMILES string of the molecule is CCCNC(CO)CCN(CC)C1CC1. The van der Waals surface area contributed by atoms with E-state index in [1.807, 2.05) is 0 Å². The normalized spacial score (nSPS) is 18.4. The number of hydrogen-bond acceptors (Lipinski definition) is 3. The minimum Gasteiger partial charge on any atom is -0.395 e. The summed E-state index contributed by atoms with van der Waals surface area (Å²) in [5.41, 5.74) is 0. The van der Waals surface area contributed by atoms with Gasteiger partial charge in [-0.3, -0.25) is 0 Å². The van der Waals surface area contributed by atoms with Crippen LogP contribution in [0.2, 0.25) is 0 Å². The largest absolute Gasteiger partial charge is 0.395 e. The van der Waals surface area contributed by atoms with Gasteiger partial charge in [0, 0.05) is 12.1 Å². The predicted molar refractivity (Wildman–Crippen MR) is 64.1 cm³/mol. The monoisotopic (exact) mass is 214 g/mol. The summed E-state index contributed by atoms with van der Waals surface area (Å²) in [6, 6.07) is 1.14. The highest BCUT2D eigenvalue weighted by Gasteiger charge is 2.27. The van der Waals surface area contributed by atoms with E-state index in [0.29, 0.717) is 0 Å². The first-order valence-electron chi connectivity index (χ1n) is 6.40. The van der Waals surface area contributed by atoms with Gasteiger partial charge in [0.2, 0.25) is 0 Å². The molecular formula is C12H26N2O. The second-order valence-corrected chi connectivity index (χ2v) is 4.48. The fraction of sp³-hybridized carbons (Fsp3) is 1.00. The maximum Gasteiger partial charge on any atom is 0.0585 e. The third kappa shape index (κ3) is 4.96. The van der Waals surface area contributed by atoms with Crippen molar-refractivity contribution in [3.63, 3.8) is 0 Å². The molecule has 0 aromatic carbocycles. The molecule has 0 aromatic rings. The van der Waals surface area contributed by atoms with Crippen LogP contribution in [-0.2, 0) is 0 Å². The fourth-order valence-corrected chi connectivity index (χ4v) is 1.97. The Bertz CT molecular complexity index is 160. The van der Waals surface area contributed by atoms with E-state index in [0.717, 1.165) is 38.5 Å². The highest BCUT2D eigenvalue weighted by Crippen LogP contribution is 2.26. The smallest absolute Gasteiger partial charge is 0.0585 e. The summed E-state index contributed by atoms with van der Waals surface area (Å²) in [5, 5.41) is 12.6. The van der Waals surface area contributed by atoms with Crippen LogP contribution in [0.3, 0.4) is 0 Å². The minimum absolute atomic E-state index is 0.266. The molecule has 1 saturated carbocycles. The van der Waals surface area contributed by atoms with Crippen molar-refractivity contribution in [3.05, 3.63) is 0 Å². The molecule has 0 saturated heterocycles. The van der Waals surface area contributed by atoms with Crippen molar-refractivity contribution in [1.82, 2.24) is 10.2 Å². The average molecular weight is 214 g/mol. The zero-order valence-corrected chi connectivity index (χ0v) is 10.2. The molecule has 0 aromatic heterocycles. The van der Waals surface area contributed by atoms with Gasteiger partial charge in [-0.05, 0) is 45.3 Å². The Hall–Kier alpha value is -0.120. The molecule has 0 bridgehead atoms. The number of aliphatic hydroxyl groups excluding tert-OH is 1. The van der Waals surface area contributed by atoms with E-state index >= 15 is 0 Å². The third-order valence-electron chi connectivity index (χ3n) is 3.14. The summed E-state index contributed by atoms with van der Waals surface area (Å²) in [4.78, 5) is 2.54. The molecule has 90 valence electrons. The first-order valence-corrected chi connectivity index (χ1v) is 6.40. The van der Waals surface area contributed by atoms with Gasteiger partial charge < -0.3 is 15.3 Å². The zero-order chi connectivity index (χ0) is 11.1. The van der Waals surface area contributed by atoms with Crippen molar-refractivity contribution in [2.24, 2.45) is 0 Å². The lowest BCUT2D eigenvalue weighted by atomic mass is 10.2. The number of hydrogen-bond donors (Lipinski definition) is 2. The van der Waals surface area contributed by atoms with Crippen LogP contribution in [0.4, 0.5) is 0 Å². The molecule has 0 amide bonds. The van der Waals surface area contributed by atoms with Gasteiger partial charge in [0.05, 0.1) is 6.61 Å². The van der Waals surface area contributed by atoms with Crippen molar-refractivity contribution in [2.75, 3.05) is 26.2 Å². The van der Waals surface area contributed by atoms with Crippen molar-refractivity contribution in [1.29, 1.82) is 0 Å². The minimum atomic E-state index is 0.266. The Morgan fingerprint density at radius 3 is 2.60 bits per heavy atom. The van der Waals surface area contributed by atoms with Gasteiger partial charge in [0.25, 0.3) is 0 Å². The highest BCUT2D eigenvalue weighted by atomic mass is 16.3. The maximum atomic E-state index is 9.21. The molecule has 0 radical (unpaired) electrons. The molecule has 1 fully saturated rings. The lowest BCUT2D eigenvalue weighted by Gasteiger charge is -2.23. The van der Waals surface area contributed by atoms with E-state index in [9.17, 15) is 5.11 Å². The highest BCUT2D eigenvalue weighted by molar-refractivity contribution is 4.84. The molecule has 0 heterocycles. The van der Waals surface area contributed by atoms with Gasteiger partial charge in [-0.1, -0.05) is 13.8 Å². The van der Waals surface area contributed by atoms with Crippen LogP contribution < -0.4 is 5.32 Å². The van der Waals surface area contributed by atoms with E-state index in [1.54, 1.807) is 0 Å². The molecule has 1 rings (SSSR count). The summed E-state index contributed by atoms with van der Waals surface area (Å²) in [7, 11) is 0. The first kappa shape index (κ1) is 12.9. The number of nitrogens with one attached hydrogen (secondary N) is 1. The molecule has 1 atom stereocenters. The Kier molecular flexibility index (Phi) is 6.22. The fourth-order valence-electron chi connectivity index (χ4n) is 1.97. The Balaban J connectivity index is 2.13. The summed E-state index contributed by atoms with van der Waals surface area (Å²) in [5.74, 6) is 0. The van der Waals surface area contributed by atoms with Crippen LogP contribution >= 0.6 is 0 Å². The summed E-state index contributed by atoms with van der Waals surface area (Å²) in [6.07, 6.45) is 4.96. The van der Waals surface area contributed by atoms with E-state index in [2.05, 4.69) is 24.1 Å². The molecule has 0 spiro atoms. The van der Waals surface area contributed by atoms with Gasteiger partial charge >= 0.3 is 0 Å². The third-order valence-corrected chi connectivity index (χ3v) is 3.14. The van der Waals surface area contributed by atoms with E-state index in [1.165, 1.54) is 12.8 Å². The molecular weight excluding hydrogens is 188 g/mol. The Labute approximate surface area is 93.9 Å². The summed E-state index contributed by atoms with van der Waals surface area (Å²) >= 11 is 0. The molecule has 3 heteroatoms. The van der Waals surface area contributed by atoms with Crippen LogP contribution in [0.25, 0.3) is 0 Å². The van der Waals surface area contributed by atoms with Gasteiger partial charge in [-0.2, -0.15) is 0 Å². The molecule has 1 unspecified atom stereocenters. The van der Waals surface area contributed by atoms with Crippen LogP contribution in [-0.4, -0.2) is 48.3 Å². The quantitative estimate of drug-likeness (QED) is 0.606. The van der Waals surface area contributed by atoms with Gasteiger partial charge in [0.1, 0.15) is 0 Å². The predicted octanol–water partition coefficient (Wildman–Crippen LogP) is 1.22. The molecule has 1 aliphatic rings. The standard InChI is InChI=1S/C12H26N2O/c1-3-8-13-11(10-15)7-9-14(4-2)12-5-6-12/h11-13,15H,3-10H2,1-2H3. The van der Waals surface area contributed by atoms with Crippen LogP contribution in [0, 0.1) is 0 Å². The van der Waals surface area contributed by atoms with Gasteiger partial charge in [0.15, 0.2) is 0 Å². The number of nitrogens with zero attached hydrogens (tertiary/aromatic N) is 1.